The molecule has 1 N–H and O–H groups in total. The third kappa shape index (κ3) is 6.21. The molecule has 0 radical (unpaired) electrons. The number of ether oxygens (including phenoxy) is 1. The summed E-state index contributed by atoms with van der Waals surface area (Å²) in [6.45, 7) is -1.89. The molecular weight excluding hydrogens is 215 g/mol. The Balaban J connectivity index is 4.06. The van der Waals surface area contributed by atoms with E-state index in [1.54, 1.807) is 0 Å². The monoisotopic (exact) mass is 220 g/mol. The largest absolute Gasteiger partial charge is 0.506 e. The van der Waals surface area contributed by atoms with Crippen LogP contribution in [0.2, 0.25) is 0 Å². The third-order valence-corrected chi connectivity index (χ3v) is 0.867. The fourth-order valence-corrected chi connectivity index (χ4v) is 0.378. The van der Waals surface area contributed by atoms with Crippen molar-refractivity contribution in [3.8, 4) is 0 Å². The van der Waals surface area contributed by atoms with Gasteiger partial charge in [0, 0.05) is 0 Å². The number of allylic oxidation sites excluding steroid dienone is 1. The maximum atomic E-state index is 11.5. The number of rotatable bonds is 3. The molecule has 14 heavy (non-hydrogen) atoms. The van der Waals surface area contributed by atoms with Gasteiger partial charge in [-0.3, -0.25) is 0 Å². The fourth-order valence-electron chi connectivity index (χ4n) is 0.378. The molecule has 0 saturated heterocycles. The first kappa shape index (κ1) is 12.7. The van der Waals surface area contributed by atoms with Crippen LogP contribution in [0.4, 0.5) is 22.0 Å². The summed E-state index contributed by atoms with van der Waals surface area (Å²) in [4.78, 5) is 10.3. The van der Waals surface area contributed by atoms with Crippen LogP contribution >= 0.6 is 0 Å². The number of esters is 1. The van der Waals surface area contributed by atoms with E-state index in [9.17, 15) is 26.7 Å². The molecule has 0 heterocycles. The predicted octanol–water partition coefficient (Wildman–Crippen LogP) is 1.80. The molecular formula is C6H5F5O3. The molecule has 0 spiro atoms. The lowest BCUT2D eigenvalue weighted by Gasteiger charge is -2.05. The number of hydrogen-bond acceptors (Lipinski definition) is 3. The van der Waals surface area contributed by atoms with E-state index in [0.29, 0.717) is 0 Å². The van der Waals surface area contributed by atoms with Crippen molar-refractivity contribution in [3.05, 3.63) is 11.8 Å². The highest BCUT2D eigenvalue weighted by Crippen LogP contribution is 2.14. The Kier molecular flexibility index (Phi) is 4.32. The first-order valence-corrected chi connectivity index (χ1v) is 3.14. The summed E-state index contributed by atoms with van der Waals surface area (Å²) in [5.41, 5.74) is 0. The zero-order valence-electron chi connectivity index (χ0n) is 6.52. The van der Waals surface area contributed by atoms with Gasteiger partial charge in [-0.2, -0.15) is 13.2 Å². The smallest absolute Gasteiger partial charge is 0.422 e. The second kappa shape index (κ2) is 4.77. The van der Waals surface area contributed by atoms with Crippen LogP contribution in [0.15, 0.2) is 11.8 Å². The van der Waals surface area contributed by atoms with E-state index < -0.39 is 30.9 Å². The van der Waals surface area contributed by atoms with E-state index in [-0.39, 0.29) is 6.08 Å². The van der Waals surface area contributed by atoms with Crippen molar-refractivity contribution >= 4 is 5.97 Å². The number of alkyl halides is 5. The minimum Gasteiger partial charge on any atom is -0.506 e. The van der Waals surface area contributed by atoms with Crippen molar-refractivity contribution in [2.45, 2.75) is 12.6 Å². The zero-order valence-corrected chi connectivity index (χ0v) is 6.52. The number of hydrogen-bond donors (Lipinski definition) is 1. The number of carbonyl (C=O) groups excluding carboxylic acids is 1. The molecule has 0 aliphatic heterocycles. The highest BCUT2D eigenvalue weighted by atomic mass is 19.4. The van der Waals surface area contributed by atoms with Crippen molar-refractivity contribution in [1.82, 2.24) is 0 Å². The van der Waals surface area contributed by atoms with E-state index in [4.69, 9.17) is 5.11 Å². The molecule has 0 aromatic carbocycles. The summed E-state index contributed by atoms with van der Waals surface area (Å²) in [6, 6.07) is 0. The molecule has 0 aromatic rings. The van der Waals surface area contributed by atoms with E-state index in [2.05, 4.69) is 4.74 Å². The van der Waals surface area contributed by atoms with Gasteiger partial charge in [-0.1, -0.05) is 0 Å². The minimum absolute atomic E-state index is 0.115. The minimum atomic E-state index is -4.73. The van der Waals surface area contributed by atoms with Gasteiger partial charge in [0.1, 0.15) is 0 Å². The number of halogens is 5. The summed E-state index contributed by atoms with van der Waals surface area (Å²) in [5.74, 6) is -3.32. The van der Waals surface area contributed by atoms with Crippen LogP contribution in [0.1, 0.15) is 0 Å². The number of aliphatic hydroxyl groups excluding tert-OH is 1. The van der Waals surface area contributed by atoms with Crippen molar-refractivity contribution in [3.63, 3.8) is 0 Å². The van der Waals surface area contributed by atoms with Gasteiger partial charge in [0.05, 0.1) is 6.08 Å². The van der Waals surface area contributed by atoms with E-state index in [0.717, 1.165) is 0 Å². The van der Waals surface area contributed by atoms with Gasteiger partial charge in [-0.05, 0) is 0 Å². The van der Waals surface area contributed by atoms with Crippen LogP contribution in [0.5, 0.6) is 0 Å². The van der Waals surface area contributed by atoms with Gasteiger partial charge in [0.2, 0.25) is 0 Å². The summed E-state index contributed by atoms with van der Waals surface area (Å²) >= 11 is 0. The molecule has 0 unspecified atom stereocenters. The van der Waals surface area contributed by atoms with Crippen LogP contribution in [-0.2, 0) is 9.53 Å². The molecule has 82 valence electrons. The molecule has 0 aliphatic rings. The van der Waals surface area contributed by atoms with Gasteiger partial charge in [-0.15, -0.1) is 0 Å². The summed E-state index contributed by atoms with van der Waals surface area (Å²) in [6.07, 6.45) is -8.17. The summed E-state index contributed by atoms with van der Waals surface area (Å²) in [7, 11) is 0. The maximum absolute atomic E-state index is 11.5. The fraction of sp³-hybridized carbons (Fsp3) is 0.500. The lowest BCUT2D eigenvalue weighted by atomic mass is 10.4. The zero-order chi connectivity index (χ0) is 11.4. The normalized spacial score (nSPS) is 13.1. The molecule has 3 nitrogen and oxygen atoms in total. The SMILES string of the molecule is O=C(/C=C(\O)C(F)F)OCC(F)(F)F. The number of carbonyl (C=O) groups is 1. The van der Waals surface area contributed by atoms with Crippen molar-refractivity contribution in [1.29, 1.82) is 0 Å². The van der Waals surface area contributed by atoms with Crippen LogP contribution in [-0.4, -0.2) is 30.3 Å². The molecule has 0 fully saturated rings. The first-order chi connectivity index (χ1) is 6.22. The van der Waals surface area contributed by atoms with Crippen molar-refractivity contribution in [2.24, 2.45) is 0 Å². The molecule has 0 saturated carbocycles. The standard InChI is InChI=1S/C6H5F5O3/c7-5(8)3(12)1-4(13)14-2-6(9,10)11/h1,5,12H,2H2/b3-1-. The Bertz CT molecular complexity index is 232. The Morgan fingerprint density at radius 1 is 1.43 bits per heavy atom. The van der Waals surface area contributed by atoms with E-state index in [1.165, 1.54) is 0 Å². The Morgan fingerprint density at radius 3 is 2.29 bits per heavy atom. The average Bonchev–Trinajstić information content (AvgIpc) is 1.99. The van der Waals surface area contributed by atoms with Gasteiger partial charge in [-0.25, -0.2) is 13.6 Å². The maximum Gasteiger partial charge on any atom is 0.422 e. The van der Waals surface area contributed by atoms with Gasteiger partial charge in [0.25, 0.3) is 6.43 Å². The quantitative estimate of drug-likeness (QED) is 0.341. The highest BCUT2D eigenvalue weighted by molar-refractivity contribution is 5.82. The van der Waals surface area contributed by atoms with Crippen LogP contribution in [0, 0.1) is 0 Å². The lowest BCUT2D eigenvalue weighted by molar-refractivity contribution is -0.182. The van der Waals surface area contributed by atoms with Crippen LogP contribution in [0.25, 0.3) is 0 Å². The second-order valence-corrected chi connectivity index (χ2v) is 2.09. The van der Waals surface area contributed by atoms with Gasteiger partial charge < -0.3 is 9.84 Å². The predicted molar refractivity (Wildman–Crippen MR) is 33.7 cm³/mol. The van der Waals surface area contributed by atoms with Crippen LogP contribution < -0.4 is 0 Å². The lowest BCUT2D eigenvalue weighted by Crippen LogP contribution is -2.19. The molecule has 0 rings (SSSR count). The van der Waals surface area contributed by atoms with Crippen LogP contribution in [0.3, 0.4) is 0 Å². The third-order valence-electron chi connectivity index (χ3n) is 0.867. The highest BCUT2D eigenvalue weighted by Gasteiger charge is 2.29. The Hall–Kier alpha value is -1.34. The topological polar surface area (TPSA) is 46.5 Å². The number of aliphatic hydroxyl groups is 1. The van der Waals surface area contributed by atoms with E-state index in [1.807, 2.05) is 0 Å². The van der Waals surface area contributed by atoms with Crippen molar-refractivity contribution < 1.29 is 36.6 Å². The average molecular weight is 220 g/mol. The molecule has 0 bridgehead atoms. The molecule has 0 atom stereocenters. The second-order valence-electron chi connectivity index (χ2n) is 2.09. The molecule has 8 heteroatoms. The van der Waals surface area contributed by atoms with Gasteiger partial charge in [0.15, 0.2) is 12.4 Å². The molecule has 0 aliphatic carbocycles. The van der Waals surface area contributed by atoms with Gasteiger partial charge >= 0.3 is 12.1 Å². The van der Waals surface area contributed by atoms with E-state index >= 15 is 0 Å². The molecule has 0 amide bonds. The summed E-state index contributed by atoms with van der Waals surface area (Å²) < 4.78 is 60.7. The first-order valence-electron chi connectivity index (χ1n) is 3.14. The Morgan fingerprint density at radius 2 is 1.93 bits per heavy atom. The summed E-state index contributed by atoms with van der Waals surface area (Å²) in [5, 5.41) is 8.26. The van der Waals surface area contributed by atoms with Crippen molar-refractivity contribution in [2.75, 3.05) is 6.61 Å². The Labute approximate surface area is 74.8 Å². The molecule has 0 aromatic heterocycles.